The maximum Gasteiger partial charge on any atom is 0.261 e. The van der Waals surface area contributed by atoms with Crippen LogP contribution in [0.4, 0.5) is 0 Å². The number of likely N-dealkylation sites (N-methyl/N-ethyl adjacent to an activating group) is 1. The SMILES string of the molecule is C#CCNC(=O)C(C)Oc1ccc(CC(C)NC)cc1. The lowest BCUT2D eigenvalue weighted by Crippen LogP contribution is -2.36. The quantitative estimate of drug-likeness (QED) is 0.738. The highest BCUT2D eigenvalue weighted by Crippen LogP contribution is 2.15. The predicted octanol–water partition coefficient (Wildman–Crippen LogP) is 1.35. The summed E-state index contributed by atoms with van der Waals surface area (Å²) >= 11 is 0. The molecule has 20 heavy (non-hydrogen) atoms. The van der Waals surface area contributed by atoms with Crippen LogP contribution < -0.4 is 15.4 Å². The van der Waals surface area contributed by atoms with Gasteiger partial charge in [0.15, 0.2) is 6.10 Å². The van der Waals surface area contributed by atoms with E-state index in [9.17, 15) is 4.79 Å². The molecule has 108 valence electrons. The molecule has 0 aromatic heterocycles. The summed E-state index contributed by atoms with van der Waals surface area (Å²) in [5.74, 6) is 2.82. The Labute approximate surface area is 120 Å². The molecule has 0 bridgehead atoms. The molecule has 2 unspecified atom stereocenters. The molecule has 0 fully saturated rings. The van der Waals surface area contributed by atoms with Crippen molar-refractivity contribution in [2.45, 2.75) is 32.4 Å². The van der Waals surface area contributed by atoms with Crippen molar-refractivity contribution in [2.24, 2.45) is 0 Å². The van der Waals surface area contributed by atoms with E-state index >= 15 is 0 Å². The highest BCUT2D eigenvalue weighted by molar-refractivity contribution is 5.80. The van der Waals surface area contributed by atoms with Crippen LogP contribution in [0.15, 0.2) is 24.3 Å². The smallest absolute Gasteiger partial charge is 0.261 e. The second kappa shape index (κ2) is 8.23. The Kier molecular flexibility index (Phi) is 6.61. The minimum absolute atomic E-state index is 0.212. The molecular weight excluding hydrogens is 252 g/mol. The summed E-state index contributed by atoms with van der Waals surface area (Å²) in [6, 6.07) is 8.20. The third kappa shape index (κ3) is 5.33. The van der Waals surface area contributed by atoms with Gasteiger partial charge in [0.25, 0.3) is 5.91 Å². The molecule has 2 atom stereocenters. The molecule has 1 amide bonds. The number of terminal acetylenes is 1. The number of hydrogen-bond donors (Lipinski definition) is 2. The number of nitrogens with one attached hydrogen (secondary N) is 2. The number of carbonyl (C=O) groups excluding carboxylic acids is 1. The molecule has 1 rings (SSSR count). The van der Waals surface area contributed by atoms with Gasteiger partial charge in [0.05, 0.1) is 6.54 Å². The summed E-state index contributed by atoms with van der Waals surface area (Å²) in [6.45, 7) is 4.04. The van der Waals surface area contributed by atoms with Gasteiger partial charge < -0.3 is 15.4 Å². The van der Waals surface area contributed by atoms with Crippen molar-refractivity contribution in [1.29, 1.82) is 0 Å². The Bertz CT molecular complexity index is 462. The predicted molar refractivity (Wildman–Crippen MR) is 80.6 cm³/mol. The van der Waals surface area contributed by atoms with E-state index in [2.05, 4.69) is 23.5 Å². The molecule has 0 aliphatic heterocycles. The number of rotatable bonds is 7. The van der Waals surface area contributed by atoms with E-state index in [0.717, 1.165) is 6.42 Å². The number of hydrogen-bond acceptors (Lipinski definition) is 3. The minimum Gasteiger partial charge on any atom is -0.481 e. The standard InChI is InChI=1S/C16H22N2O2/c1-5-10-18-16(19)13(3)20-15-8-6-14(7-9-15)11-12(2)17-4/h1,6-9,12-13,17H,10-11H2,2-4H3,(H,18,19). The monoisotopic (exact) mass is 274 g/mol. The summed E-state index contributed by atoms with van der Waals surface area (Å²) in [4.78, 5) is 11.6. The Morgan fingerprint density at radius 1 is 1.35 bits per heavy atom. The van der Waals surface area contributed by atoms with Crippen molar-refractivity contribution in [1.82, 2.24) is 10.6 Å². The van der Waals surface area contributed by atoms with Crippen molar-refractivity contribution in [3.8, 4) is 18.1 Å². The molecule has 0 aliphatic rings. The van der Waals surface area contributed by atoms with Gasteiger partial charge in [0.2, 0.25) is 0 Å². The number of carbonyl (C=O) groups is 1. The molecule has 1 aromatic carbocycles. The van der Waals surface area contributed by atoms with Crippen molar-refractivity contribution >= 4 is 5.91 Å². The molecule has 0 aliphatic carbocycles. The highest BCUT2D eigenvalue weighted by Gasteiger charge is 2.13. The third-order valence-electron chi connectivity index (χ3n) is 3.00. The van der Waals surface area contributed by atoms with E-state index in [4.69, 9.17) is 11.2 Å². The van der Waals surface area contributed by atoms with Crippen LogP contribution in [-0.4, -0.2) is 31.6 Å². The molecule has 0 spiro atoms. The second-order valence-corrected chi connectivity index (χ2v) is 4.72. The van der Waals surface area contributed by atoms with Gasteiger partial charge in [-0.05, 0) is 45.0 Å². The number of benzene rings is 1. The maximum atomic E-state index is 11.6. The Hall–Kier alpha value is -1.99. The highest BCUT2D eigenvalue weighted by atomic mass is 16.5. The van der Waals surface area contributed by atoms with Crippen LogP contribution in [0, 0.1) is 12.3 Å². The van der Waals surface area contributed by atoms with Crippen molar-refractivity contribution < 1.29 is 9.53 Å². The second-order valence-electron chi connectivity index (χ2n) is 4.72. The average molecular weight is 274 g/mol. The largest absolute Gasteiger partial charge is 0.481 e. The fraction of sp³-hybridized carbons (Fsp3) is 0.438. The van der Waals surface area contributed by atoms with Gasteiger partial charge in [-0.2, -0.15) is 0 Å². The normalized spacial score (nSPS) is 13.1. The lowest BCUT2D eigenvalue weighted by atomic mass is 10.1. The lowest BCUT2D eigenvalue weighted by molar-refractivity contribution is -0.126. The van der Waals surface area contributed by atoms with Crippen LogP contribution in [-0.2, 0) is 11.2 Å². The fourth-order valence-electron chi connectivity index (χ4n) is 1.70. The molecule has 0 heterocycles. The van der Waals surface area contributed by atoms with Crippen molar-refractivity contribution in [2.75, 3.05) is 13.6 Å². The zero-order chi connectivity index (χ0) is 15.0. The average Bonchev–Trinajstić information content (AvgIpc) is 2.46. The zero-order valence-corrected chi connectivity index (χ0v) is 12.3. The number of ether oxygens (including phenoxy) is 1. The Balaban J connectivity index is 2.52. The molecular formula is C16H22N2O2. The van der Waals surface area contributed by atoms with Crippen LogP contribution in [0.3, 0.4) is 0 Å². The van der Waals surface area contributed by atoms with Gasteiger partial charge in [0, 0.05) is 6.04 Å². The first-order valence-electron chi connectivity index (χ1n) is 6.70. The summed E-state index contributed by atoms with van der Waals surface area (Å²) in [5, 5.41) is 5.78. The summed E-state index contributed by atoms with van der Waals surface area (Å²) in [7, 11) is 1.94. The molecule has 4 heteroatoms. The van der Waals surface area contributed by atoms with Gasteiger partial charge in [-0.3, -0.25) is 4.79 Å². The summed E-state index contributed by atoms with van der Waals surface area (Å²) in [6.07, 6.45) is 5.48. The molecule has 0 saturated heterocycles. The maximum absolute atomic E-state index is 11.6. The van der Waals surface area contributed by atoms with Crippen molar-refractivity contribution in [3.05, 3.63) is 29.8 Å². The van der Waals surface area contributed by atoms with Crippen LogP contribution >= 0.6 is 0 Å². The first-order chi connectivity index (χ1) is 9.56. The minimum atomic E-state index is -0.564. The van der Waals surface area contributed by atoms with Gasteiger partial charge in [-0.1, -0.05) is 18.1 Å². The van der Waals surface area contributed by atoms with E-state index in [0.29, 0.717) is 11.8 Å². The molecule has 2 N–H and O–H groups in total. The van der Waals surface area contributed by atoms with E-state index in [1.807, 2.05) is 31.3 Å². The van der Waals surface area contributed by atoms with E-state index in [-0.39, 0.29) is 12.5 Å². The molecule has 1 aromatic rings. The first-order valence-corrected chi connectivity index (χ1v) is 6.70. The molecule has 0 saturated carbocycles. The van der Waals surface area contributed by atoms with E-state index in [1.54, 1.807) is 6.92 Å². The van der Waals surface area contributed by atoms with Gasteiger partial charge in [-0.25, -0.2) is 0 Å². The Morgan fingerprint density at radius 3 is 2.55 bits per heavy atom. The first kappa shape index (κ1) is 16.1. The fourth-order valence-corrected chi connectivity index (χ4v) is 1.70. The van der Waals surface area contributed by atoms with Crippen LogP contribution in [0.25, 0.3) is 0 Å². The van der Waals surface area contributed by atoms with Crippen LogP contribution in [0.2, 0.25) is 0 Å². The van der Waals surface area contributed by atoms with E-state index < -0.39 is 6.10 Å². The summed E-state index contributed by atoms with van der Waals surface area (Å²) in [5.41, 5.74) is 1.23. The third-order valence-corrected chi connectivity index (χ3v) is 3.00. The molecule has 4 nitrogen and oxygen atoms in total. The van der Waals surface area contributed by atoms with Gasteiger partial charge in [-0.15, -0.1) is 6.42 Å². The van der Waals surface area contributed by atoms with E-state index in [1.165, 1.54) is 5.56 Å². The Morgan fingerprint density at radius 2 is 2.00 bits per heavy atom. The van der Waals surface area contributed by atoms with Gasteiger partial charge >= 0.3 is 0 Å². The topological polar surface area (TPSA) is 50.4 Å². The summed E-state index contributed by atoms with van der Waals surface area (Å²) < 4.78 is 5.56. The van der Waals surface area contributed by atoms with Crippen LogP contribution in [0.1, 0.15) is 19.4 Å². The van der Waals surface area contributed by atoms with Crippen LogP contribution in [0.5, 0.6) is 5.75 Å². The van der Waals surface area contributed by atoms with Crippen molar-refractivity contribution in [3.63, 3.8) is 0 Å². The lowest BCUT2D eigenvalue weighted by Gasteiger charge is -2.15. The number of amides is 1. The van der Waals surface area contributed by atoms with Gasteiger partial charge in [0.1, 0.15) is 5.75 Å². The zero-order valence-electron chi connectivity index (χ0n) is 12.3. The molecule has 0 radical (unpaired) electrons.